The van der Waals surface area contributed by atoms with Crippen molar-refractivity contribution in [1.29, 1.82) is 0 Å². The number of hydrogen-bond acceptors (Lipinski definition) is 3. The lowest BCUT2D eigenvalue weighted by Gasteiger charge is -2.36. The first-order chi connectivity index (χ1) is 14.7. The number of amides is 1. The normalized spacial score (nSPS) is 14.5. The lowest BCUT2D eigenvalue weighted by atomic mass is 10.1. The highest BCUT2D eigenvalue weighted by Crippen LogP contribution is 2.20. The molecule has 0 saturated carbocycles. The van der Waals surface area contributed by atoms with Crippen LogP contribution in [0.15, 0.2) is 83.3 Å². The molecule has 3 aromatic carbocycles. The van der Waals surface area contributed by atoms with Crippen LogP contribution in [0.25, 0.3) is 0 Å². The first-order valence-corrected chi connectivity index (χ1v) is 11.1. The third kappa shape index (κ3) is 5.71. The van der Waals surface area contributed by atoms with Crippen molar-refractivity contribution in [2.45, 2.75) is 13.0 Å². The second-order valence-corrected chi connectivity index (χ2v) is 8.56. The highest BCUT2D eigenvalue weighted by molar-refractivity contribution is 9.10. The van der Waals surface area contributed by atoms with Crippen molar-refractivity contribution in [1.82, 2.24) is 4.90 Å². The number of hydrogen-bond donors (Lipinski definition) is 1. The largest absolute Gasteiger partial charge is 0.369 e. The topological polar surface area (TPSA) is 35.6 Å². The number of carbonyl (C=O) groups is 1. The molecular weight excluding hydrogens is 438 g/mol. The molecule has 0 bridgehead atoms. The average molecular weight is 464 g/mol. The van der Waals surface area contributed by atoms with E-state index < -0.39 is 0 Å². The van der Waals surface area contributed by atoms with E-state index in [1.54, 1.807) is 0 Å². The van der Waals surface area contributed by atoms with Gasteiger partial charge in [0.15, 0.2) is 0 Å². The molecule has 4 nitrogen and oxygen atoms in total. The monoisotopic (exact) mass is 463 g/mol. The maximum Gasteiger partial charge on any atom is 0.228 e. The van der Waals surface area contributed by atoms with Crippen molar-refractivity contribution in [3.63, 3.8) is 0 Å². The van der Waals surface area contributed by atoms with E-state index in [-0.39, 0.29) is 5.91 Å². The van der Waals surface area contributed by atoms with E-state index in [1.165, 1.54) is 11.3 Å². The Hall–Kier alpha value is -2.63. The minimum atomic E-state index is -0.000372. The number of piperazine rings is 1. The van der Waals surface area contributed by atoms with Gasteiger partial charge in [0, 0.05) is 48.6 Å². The molecule has 1 aliphatic heterocycles. The van der Waals surface area contributed by atoms with Gasteiger partial charge < -0.3 is 10.2 Å². The Morgan fingerprint density at radius 3 is 2.13 bits per heavy atom. The molecule has 5 heteroatoms. The molecule has 4 rings (SSSR count). The molecule has 1 aliphatic rings. The van der Waals surface area contributed by atoms with Gasteiger partial charge in [-0.1, -0.05) is 58.4 Å². The number of halogens is 1. The van der Waals surface area contributed by atoms with Crippen LogP contribution in [0.5, 0.6) is 0 Å². The predicted molar refractivity (Wildman–Crippen MR) is 127 cm³/mol. The first kappa shape index (κ1) is 20.6. The van der Waals surface area contributed by atoms with Gasteiger partial charge >= 0.3 is 0 Å². The van der Waals surface area contributed by atoms with Crippen molar-refractivity contribution in [3.8, 4) is 0 Å². The van der Waals surface area contributed by atoms with E-state index in [2.05, 4.69) is 73.5 Å². The molecule has 3 aromatic rings. The van der Waals surface area contributed by atoms with Crippen LogP contribution in [0.4, 0.5) is 11.4 Å². The Balaban J connectivity index is 1.26. The van der Waals surface area contributed by atoms with Crippen molar-refractivity contribution in [3.05, 3.63) is 94.5 Å². The van der Waals surface area contributed by atoms with Gasteiger partial charge in [-0.2, -0.15) is 0 Å². The fourth-order valence-electron chi connectivity index (χ4n) is 3.75. The van der Waals surface area contributed by atoms with Crippen LogP contribution in [0, 0.1) is 0 Å². The summed E-state index contributed by atoms with van der Waals surface area (Å²) in [4.78, 5) is 17.2. The SMILES string of the molecule is O=C(Cc1ccc(Br)cc1)Nc1ccc(N2CCN(Cc3ccccc3)CC2)cc1. The van der Waals surface area contributed by atoms with E-state index >= 15 is 0 Å². The Morgan fingerprint density at radius 1 is 0.800 bits per heavy atom. The Morgan fingerprint density at radius 2 is 1.47 bits per heavy atom. The molecule has 1 N–H and O–H groups in total. The minimum Gasteiger partial charge on any atom is -0.369 e. The molecular formula is C25H26BrN3O. The lowest BCUT2D eigenvalue weighted by Crippen LogP contribution is -2.45. The van der Waals surface area contributed by atoms with Gasteiger partial charge in [0.2, 0.25) is 5.91 Å². The molecule has 0 spiro atoms. The first-order valence-electron chi connectivity index (χ1n) is 10.3. The van der Waals surface area contributed by atoms with Gasteiger partial charge in [-0.25, -0.2) is 0 Å². The van der Waals surface area contributed by atoms with Crippen LogP contribution in [-0.2, 0) is 17.8 Å². The molecule has 0 aromatic heterocycles. The Kier molecular flexibility index (Phi) is 6.82. The number of carbonyl (C=O) groups excluding carboxylic acids is 1. The van der Waals surface area contributed by atoms with Crippen LogP contribution in [-0.4, -0.2) is 37.0 Å². The van der Waals surface area contributed by atoms with Gasteiger partial charge in [-0.05, 0) is 47.5 Å². The van der Waals surface area contributed by atoms with Crippen molar-refractivity contribution in [2.75, 3.05) is 36.4 Å². The number of rotatable bonds is 6. The van der Waals surface area contributed by atoms with Crippen LogP contribution >= 0.6 is 15.9 Å². The predicted octanol–water partition coefficient (Wildman–Crippen LogP) is 4.95. The molecule has 30 heavy (non-hydrogen) atoms. The van der Waals surface area contributed by atoms with E-state index in [0.717, 1.165) is 48.4 Å². The summed E-state index contributed by atoms with van der Waals surface area (Å²) in [5.74, 6) is -0.000372. The van der Waals surface area contributed by atoms with E-state index in [1.807, 2.05) is 36.4 Å². The molecule has 154 valence electrons. The summed E-state index contributed by atoms with van der Waals surface area (Å²) in [6.45, 7) is 5.16. The van der Waals surface area contributed by atoms with Gasteiger partial charge in [0.05, 0.1) is 6.42 Å². The third-order valence-electron chi connectivity index (χ3n) is 5.42. The summed E-state index contributed by atoms with van der Waals surface area (Å²) in [6.07, 6.45) is 0.373. The second-order valence-electron chi connectivity index (χ2n) is 7.65. The molecule has 0 aliphatic carbocycles. The summed E-state index contributed by atoms with van der Waals surface area (Å²) >= 11 is 3.42. The van der Waals surface area contributed by atoms with Crippen LogP contribution < -0.4 is 10.2 Å². The molecule has 1 heterocycles. The van der Waals surface area contributed by atoms with E-state index in [0.29, 0.717) is 6.42 Å². The van der Waals surface area contributed by atoms with Gasteiger partial charge in [-0.3, -0.25) is 9.69 Å². The van der Waals surface area contributed by atoms with Crippen LogP contribution in [0.3, 0.4) is 0 Å². The van der Waals surface area contributed by atoms with Gasteiger partial charge in [0.25, 0.3) is 0 Å². The Labute approximate surface area is 186 Å². The third-order valence-corrected chi connectivity index (χ3v) is 5.94. The van der Waals surface area contributed by atoms with Crippen LogP contribution in [0.2, 0.25) is 0 Å². The summed E-state index contributed by atoms with van der Waals surface area (Å²) in [6, 6.07) is 26.7. The number of benzene rings is 3. The fraction of sp³-hybridized carbons (Fsp3) is 0.240. The summed E-state index contributed by atoms with van der Waals surface area (Å²) in [5, 5.41) is 2.99. The number of nitrogens with zero attached hydrogens (tertiary/aromatic N) is 2. The maximum absolute atomic E-state index is 12.3. The number of nitrogens with one attached hydrogen (secondary N) is 1. The van der Waals surface area contributed by atoms with Crippen molar-refractivity contribution < 1.29 is 4.79 Å². The lowest BCUT2D eigenvalue weighted by molar-refractivity contribution is -0.115. The standard InChI is InChI=1S/C25H26BrN3O/c26-22-8-6-20(7-9-22)18-25(30)27-23-10-12-24(13-11-23)29-16-14-28(15-17-29)19-21-4-2-1-3-5-21/h1-13H,14-19H2,(H,27,30). The zero-order valence-electron chi connectivity index (χ0n) is 16.9. The highest BCUT2D eigenvalue weighted by atomic mass is 79.9. The quantitative estimate of drug-likeness (QED) is 0.561. The zero-order chi connectivity index (χ0) is 20.8. The van der Waals surface area contributed by atoms with Gasteiger partial charge in [-0.15, -0.1) is 0 Å². The zero-order valence-corrected chi connectivity index (χ0v) is 18.5. The maximum atomic E-state index is 12.3. The summed E-state index contributed by atoms with van der Waals surface area (Å²) in [5.41, 5.74) is 4.42. The summed E-state index contributed by atoms with van der Waals surface area (Å²) < 4.78 is 1.02. The van der Waals surface area contributed by atoms with E-state index in [9.17, 15) is 4.79 Å². The summed E-state index contributed by atoms with van der Waals surface area (Å²) in [7, 11) is 0. The molecule has 0 radical (unpaired) electrons. The molecule has 1 fully saturated rings. The average Bonchev–Trinajstić information content (AvgIpc) is 2.77. The molecule has 1 amide bonds. The smallest absolute Gasteiger partial charge is 0.228 e. The Bertz CT molecular complexity index is 950. The van der Waals surface area contributed by atoms with Crippen LogP contribution in [0.1, 0.15) is 11.1 Å². The molecule has 0 unspecified atom stereocenters. The highest BCUT2D eigenvalue weighted by Gasteiger charge is 2.17. The van der Waals surface area contributed by atoms with Crippen molar-refractivity contribution >= 4 is 33.2 Å². The van der Waals surface area contributed by atoms with Gasteiger partial charge in [0.1, 0.15) is 0 Å². The second kappa shape index (κ2) is 9.92. The minimum absolute atomic E-state index is 0.000372. The fourth-order valence-corrected chi connectivity index (χ4v) is 4.02. The molecule has 0 atom stereocenters. The van der Waals surface area contributed by atoms with Crippen molar-refractivity contribution in [2.24, 2.45) is 0 Å². The number of anilines is 2. The molecule has 1 saturated heterocycles. The van der Waals surface area contributed by atoms with E-state index in [4.69, 9.17) is 0 Å².